The van der Waals surface area contributed by atoms with Crippen molar-refractivity contribution in [3.8, 4) is 0 Å². The molecule has 0 aromatic rings. The molecular weight excluding hydrogens is 202 g/mol. The Kier molecular flexibility index (Phi) is 2.98. The van der Waals surface area contributed by atoms with Gasteiger partial charge in [0.15, 0.2) is 0 Å². The van der Waals surface area contributed by atoms with Gasteiger partial charge in [-0.05, 0) is 19.8 Å². The molecule has 1 aliphatic carbocycles. The average molecular weight is 218 g/mol. The van der Waals surface area contributed by atoms with Gasteiger partial charge in [0.2, 0.25) is 5.91 Å². The Morgan fingerprint density at radius 1 is 1.50 bits per heavy atom. The first-order chi connectivity index (χ1) is 6.70. The van der Waals surface area contributed by atoms with E-state index in [-0.39, 0.29) is 12.2 Å². The zero-order valence-electron chi connectivity index (χ0n) is 8.41. The summed E-state index contributed by atoms with van der Waals surface area (Å²) < 4.78 is 5.59. The summed E-state index contributed by atoms with van der Waals surface area (Å²) in [5.41, 5.74) is 0. The molecule has 2 aliphatic rings. The fourth-order valence-electron chi connectivity index (χ4n) is 1.90. The average Bonchev–Trinajstić information content (AvgIpc) is 2.99. The Labute approximate surface area is 89.4 Å². The van der Waals surface area contributed by atoms with Crippen LogP contribution in [-0.4, -0.2) is 42.0 Å². The second-order valence-electron chi connectivity index (χ2n) is 4.24. The van der Waals surface area contributed by atoms with E-state index in [1.54, 1.807) is 0 Å². The second-order valence-corrected chi connectivity index (χ2v) is 4.55. The van der Waals surface area contributed by atoms with Crippen LogP contribution in [0.25, 0.3) is 0 Å². The van der Waals surface area contributed by atoms with E-state index in [1.165, 1.54) is 0 Å². The van der Waals surface area contributed by atoms with E-state index in [1.807, 2.05) is 11.8 Å². The molecule has 0 aromatic carbocycles. The molecule has 0 bridgehead atoms. The van der Waals surface area contributed by atoms with Crippen LogP contribution in [0.1, 0.15) is 19.8 Å². The van der Waals surface area contributed by atoms with Crippen molar-refractivity contribution in [2.75, 3.05) is 19.0 Å². The van der Waals surface area contributed by atoms with Crippen LogP contribution >= 0.6 is 11.6 Å². The van der Waals surface area contributed by atoms with Gasteiger partial charge in [0.05, 0.1) is 18.1 Å². The largest absolute Gasteiger partial charge is 0.370 e. The molecule has 1 saturated carbocycles. The van der Waals surface area contributed by atoms with Crippen molar-refractivity contribution >= 4 is 17.5 Å². The lowest BCUT2D eigenvalue weighted by molar-refractivity contribution is -0.144. The maximum Gasteiger partial charge on any atom is 0.225 e. The van der Waals surface area contributed by atoms with Gasteiger partial charge in [-0.1, -0.05) is 0 Å². The van der Waals surface area contributed by atoms with Crippen molar-refractivity contribution in [2.24, 2.45) is 5.92 Å². The normalized spacial score (nSPS) is 33.1. The highest BCUT2D eigenvalue weighted by molar-refractivity contribution is 6.18. The Balaban J connectivity index is 1.93. The highest BCUT2D eigenvalue weighted by Crippen LogP contribution is 2.31. The lowest BCUT2D eigenvalue weighted by Gasteiger charge is -2.36. The van der Waals surface area contributed by atoms with Crippen LogP contribution in [0, 0.1) is 5.92 Å². The maximum absolute atomic E-state index is 11.8. The minimum absolute atomic E-state index is 0.0168. The summed E-state index contributed by atoms with van der Waals surface area (Å²) in [6.07, 6.45) is 2.27. The molecule has 1 heterocycles. The SMILES string of the molecule is CC1CN(C(=O)C2CC2)CC(CCl)O1. The minimum Gasteiger partial charge on any atom is -0.370 e. The molecule has 2 unspecified atom stereocenters. The monoisotopic (exact) mass is 217 g/mol. The Bertz CT molecular complexity index is 230. The molecule has 0 spiro atoms. The third-order valence-corrected chi connectivity index (χ3v) is 3.08. The van der Waals surface area contributed by atoms with Crippen molar-refractivity contribution in [1.82, 2.24) is 4.90 Å². The van der Waals surface area contributed by atoms with E-state index < -0.39 is 0 Å². The maximum atomic E-state index is 11.8. The number of hydrogen-bond donors (Lipinski definition) is 0. The number of carbonyl (C=O) groups excluding carboxylic acids is 1. The van der Waals surface area contributed by atoms with Gasteiger partial charge in [-0.3, -0.25) is 4.79 Å². The predicted molar refractivity (Wildman–Crippen MR) is 54.4 cm³/mol. The van der Waals surface area contributed by atoms with Gasteiger partial charge in [0.25, 0.3) is 0 Å². The van der Waals surface area contributed by atoms with Crippen molar-refractivity contribution in [3.63, 3.8) is 0 Å². The lowest BCUT2D eigenvalue weighted by atomic mass is 10.2. The van der Waals surface area contributed by atoms with Crippen LogP contribution < -0.4 is 0 Å². The molecule has 80 valence electrons. The molecule has 3 nitrogen and oxygen atoms in total. The molecule has 2 fully saturated rings. The molecule has 1 aliphatic heterocycles. The van der Waals surface area contributed by atoms with E-state index in [9.17, 15) is 4.79 Å². The molecule has 2 atom stereocenters. The highest BCUT2D eigenvalue weighted by Gasteiger charge is 2.36. The summed E-state index contributed by atoms with van der Waals surface area (Å²) in [7, 11) is 0. The van der Waals surface area contributed by atoms with Gasteiger partial charge in [-0.15, -0.1) is 11.6 Å². The molecule has 4 heteroatoms. The van der Waals surface area contributed by atoms with Crippen LogP contribution in [0.15, 0.2) is 0 Å². The Morgan fingerprint density at radius 2 is 2.21 bits per heavy atom. The first-order valence-electron chi connectivity index (χ1n) is 5.21. The minimum atomic E-state index is 0.0168. The number of rotatable bonds is 2. The fraction of sp³-hybridized carbons (Fsp3) is 0.900. The number of amides is 1. The first-order valence-corrected chi connectivity index (χ1v) is 5.74. The Hall–Kier alpha value is -0.280. The quantitative estimate of drug-likeness (QED) is 0.652. The third kappa shape index (κ3) is 2.20. The summed E-state index contributed by atoms with van der Waals surface area (Å²) in [5.74, 6) is 1.07. The molecule has 0 N–H and O–H groups in total. The van der Waals surface area contributed by atoms with E-state index in [2.05, 4.69) is 0 Å². The van der Waals surface area contributed by atoms with Gasteiger partial charge in [-0.2, -0.15) is 0 Å². The molecule has 0 radical (unpaired) electrons. The van der Waals surface area contributed by atoms with Crippen LogP contribution in [0.4, 0.5) is 0 Å². The number of alkyl halides is 1. The molecule has 0 aromatic heterocycles. The zero-order valence-corrected chi connectivity index (χ0v) is 9.17. The van der Waals surface area contributed by atoms with E-state index >= 15 is 0 Å². The van der Waals surface area contributed by atoms with E-state index in [0.717, 1.165) is 19.4 Å². The van der Waals surface area contributed by atoms with Crippen molar-refractivity contribution in [1.29, 1.82) is 0 Å². The molecule has 14 heavy (non-hydrogen) atoms. The smallest absolute Gasteiger partial charge is 0.225 e. The van der Waals surface area contributed by atoms with Gasteiger partial charge in [-0.25, -0.2) is 0 Å². The predicted octanol–water partition coefficient (Wildman–Crippen LogP) is 1.25. The summed E-state index contributed by atoms with van der Waals surface area (Å²) in [4.78, 5) is 13.7. The van der Waals surface area contributed by atoms with Crippen LogP contribution in [0.2, 0.25) is 0 Å². The number of halogens is 1. The topological polar surface area (TPSA) is 29.5 Å². The van der Waals surface area contributed by atoms with Crippen LogP contribution in [0.3, 0.4) is 0 Å². The lowest BCUT2D eigenvalue weighted by Crippen LogP contribution is -2.50. The van der Waals surface area contributed by atoms with E-state index in [0.29, 0.717) is 24.2 Å². The second kappa shape index (κ2) is 4.07. The van der Waals surface area contributed by atoms with Crippen molar-refractivity contribution in [2.45, 2.75) is 32.0 Å². The van der Waals surface area contributed by atoms with Gasteiger partial charge in [0.1, 0.15) is 0 Å². The molecule has 1 amide bonds. The molecule has 2 rings (SSSR count). The zero-order chi connectivity index (χ0) is 10.1. The van der Waals surface area contributed by atoms with Gasteiger partial charge < -0.3 is 9.64 Å². The number of nitrogens with zero attached hydrogens (tertiary/aromatic N) is 1. The first kappa shape index (κ1) is 10.2. The standard InChI is InChI=1S/C10H16ClNO2/c1-7-5-12(6-9(4-11)14-7)10(13)8-2-3-8/h7-9H,2-6H2,1H3. The highest BCUT2D eigenvalue weighted by atomic mass is 35.5. The van der Waals surface area contributed by atoms with Crippen molar-refractivity contribution in [3.05, 3.63) is 0 Å². The van der Waals surface area contributed by atoms with Crippen LogP contribution in [0.5, 0.6) is 0 Å². The van der Waals surface area contributed by atoms with Crippen LogP contribution in [-0.2, 0) is 9.53 Å². The number of hydrogen-bond acceptors (Lipinski definition) is 2. The van der Waals surface area contributed by atoms with Gasteiger partial charge >= 0.3 is 0 Å². The van der Waals surface area contributed by atoms with E-state index in [4.69, 9.17) is 16.3 Å². The van der Waals surface area contributed by atoms with Gasteiger partial charge in [0, 0.05) is 19.0 Å². The molecule has 1 saturated heterocycles. The Morgan fingerprint density at radius 3 is 2.79 bits per heavy atom. The number of morpholine rings is 1. The molecular formula is C10H16ClNO2. The number of carbonyl (C=O) groups is 1. The summed E-state index contributed by atoms with van der Waals surface area (Å²) in [5, 5.41) is 0. The fourth-order valence-corrected chi connectivity index (χ4v) is 2.07. The number of ether oxygens (including phenoxy) is 1. The summed E-state index contributed by atoms with van der Waals surface area (Å²) in [6, 6.07) is 0. The summed E-state index contributed by atoms with van der Waals surface area (Å²) in [6.45, 7) is 3.39. The third-order valence-electron chi connectivity index (χ3n) is 2.74. The summed E-state index contributed by atoms with van der Waals surface area (Å²) >= 11 is 5.75. The van der Waals surface area contributed by atoms with Crippen molar-refractivity contribution < 1.29 is 9.53 Å².